The third-order valence-electron chi connectivity index (χ3n) is 2.88. The molecule has 1 aliphatic rings. The number of imidazole rings is 1. The fourth-order valence-electron chi connectivity index (χ4n) is 2.01. The van der Waals surface area contributed by atoms with Gasteiger partial charge in [-0.15, -0.1) is 0 Å². The molecule has 19 heavy (non-hydrogen) atoms. The average Bonchev–Trinajstić information content (AvgIpc) is 2.79. The zero-order chi connectivity index (χ0) is 13.2. The van der Waals surface area contributed by atoms with Gasteiger partial charge in [0.25, 0.3) is 0 Å². The highest BCUT2D eigenvalue weighted by Crippen LogP contribution is 2.19. The molecule has 1 fully saturated rings. The molecule has 0 spiro atoms. The second kappa shape index (κ2) is 4.85. The lowest BCUT2D eigenvalue weighted by molar-refractivity contribution is -0.132. The zero-order valence-electron chi connectivity index (χ0n) is 10.5. The number of carbonyl (C=O) groups excluding carboxylic acids is 1. The fraction of sp³-hybridized carbons (Fsp3) is 0.417. The molecule has 3 rings (SSSR count). The van der Waals surface area contributed by atoms with Gasteiger partial charge in [-0.3, -0.25) is 4.79 Å². The number of nitrogens with zero attached hydrogens (tertiary/aromatic N) is 3. The van der Waals surface area contributed by atoms with E-state index in [1.807, 2.05) is 12.1 Å². The Bertz CT molecular complexity index is 604. The number of hydrogen-bond acceptors (Lipinski definition) is 6. The number of rotatable bonds is 2. The van der Waals surface area contributed by atoms with E-state index in [2.05, 4.69) is 19.9 Å². The van der Waals surface area contributed by atoms with Gasteiger partial charge in [0.05, 0.1) is 18.7 Å². The highest BCUT2D eigenvalue weighted by atomic mass is 16.5. The van der Waals surface area contributed by atoms with Gasteiger partial charge in [0.15, 0.2) is 5.65 Å². The van der Waals surface area contributed by atoms with Crippen molar-refractivity contribution >= 4 is 23.0 Å². The van der Waals surface area contributed by atoms with Crippen molar-refractivity contribution < 1.29 is 14.3 Å². The monoisotopic (exact) mass is 262 g/mol. The number of anilines is 1. The van der Waals surface area contributed by atoms with Crippen LogP contribution in [0.2, 0.25) is 0 Å². The van der Waals surface area contributed by atoms with Crippen LogP contribution in [-0.4, -0.2) is 47.2 Å². The van der Waals surface area contributed by atoms with E-state index in [9.17, 15) is 4.79 Å². The summed E-state index contributed by atoms with van der Waals surface area (Å²) in [6, 6.07) is 3.98. The molecule has 0 amide bonds. The van der Waals surface area contributed by atoms with Crippen molar-refractivity contribution in [3.8, 4) is 6.01 Å². The standard InChI is InChI=1S/C12H14N4O3/c1-8(17)19-12-13-9-2-3-10(14-11(9)15-12)16-4-6-18-7-5-16/h2-3H,4-7H2,1H3,(H,13,14,15). The Kier molecular flexibility index (Phi) is 3.04. The molecule has 0 unspecified atom stereocenters. The van der Waals surface area contributed by atoms with Gasteiger partial charge in [-0.25, -0.2) is 4.98 Å². The minimum absolute atomic E-state index is 0.175. The van der Waals surface area contributed by atoms with Crippen molar-refractivity contribution in [3.05, 3.63) is 12.1 Å². The molecule has 1 aliphatic heterocycles. The molecular formula is C12H14N4O3. The number of pyridine rings is 1. The molecule has 0 saturated carbocycles. The molecule has 7 nitrogen and oxygen atoms in total. The maximum absolute atomic E-state index is 10.9. The first-order chi connectivity index (χ1) is 9.22. The molecular weight excluding hydrogens is 248 g/mol. The summed E-state index contributed by atoms with van der Waals surface area (Å²) in [6.45, 7) is 4.39. The van der Waals surface area contributed by atoms with Crippen LogP contribution in [0.25, 0.3) is 11.2 Å². The largest absolute Gasteiger partial charge is 0.392 e. The van der Waals surface area contributed by atoms with Crippen LogP contribution in [0.1, 0.15) is 6.92 Å². The van der Waals surface area contributed by atoms with E-state index in [0.29, 0.717) is 18.9 Å². The van der Waals surface area contributed by atoms with Gasteiger partial charge in [-0.2, -0.15) is 4.98 Å². The molecule has 7 heteroatoms. The van der Waals surface area contributed by atoms with Gasteiger partial charge < -0.3 is 19.4 Å². The molecule has 2 aromatic rings. The van der Waals surface area contributed by atoms with Gasteiger partial charge in [0.1, 0.15) is 5.82 Å². The Morgan fingerprint density at radius 2 is 2.16 bits per heavy atom. The number of carbonyl (C=O) groups is 1. The van der Waals surface area contributed by atoms with E-state index in [0.717, 1.165) is 24.4 Å². The third-order valence-corrected chi connectivity index (χ3v) is 2.88. The third kappa shape index (κ3) is 2.50. The predicted molar refractivity (Wildman–Crippen MR) is 68.2 cm³/mol. The Hall–Kier alpha value is -2.15. The summed E-state index contributed by atoms with van der Waals surface area (Å²) in [7, 11) is 0. The van der Waals surface area contributed by atoms with Crippen LogP contribution in [0.15, 0.2) is 12.1 Å². The van der Waals surface area contributed by atoms with Gasteiger partial charge >= 0.3 is 12.0 Å². The SMILES string of the molecule is CC(=O)Oc1nc2nc(N3CCOCC3)ccc2[nH]1. The molecule has 0 radical (unpaired) electrons. The molecule has 1 saturated heterocycles. The van der Waals surface area contributed by atoms with Crippen LogP contribution >= 0.6 is 0 Å². The topological polar surface area (TPSA) is 80.3 Å². The molecule has 0 aromatic carbocycles. The van der Waals surface area contributed by atoms with Gasteiger partial charge in [0.2, 0.25) is 0 Å². The first kappa shape index (κ1) is 11.9. The van der Waals surface area contributed by atoms with Gasteiger partial charge in [0, 0.05) is 20.0 Å². The predicted octanol–water partition coefficient (Wildman–Crippen LogP) is 0.720. The van der Waals surface area contributed by atoms with Crippen LogP contribution in [0, 0.1) is 0 Å². The lowest BCUT2D eigenvalue weighted by Crippen LogP contribution is -2.36. The minimum Gasteiger partial charge on any atom is -0.392 e. The number of esters is 1. The molecule has 0 aliphatic carbocycles. The zero-order valence-corrected chi connectivity index (χ0v) is 10.5. The maximum atomic E-state index is 10.9. The summed E-state index contributed by atoms with van der Waals surface area (Å²) in [5.41, 5.74) is 1.29. The number of H-pyrrole nitrogens is 1. The Morgan fingerprint density at radius 3 is 2.89 bits per heavy atom. The highest BCUT2D eigenvalue weighted by molar-refractivity contribution is 5.75. The number of hydrogen-bond donors (Lipinski definition) is 1. The summed E-state index contributed by atoms with van der Waals surface area (Å²) >= 11 is 0. The number of aromatic amines is 1. The van der Waals surface area contributed by atoms with Crippen LogP contribution in [-0.2, 0) is 9.53 Å². The normalized spacial score (nSPS) is 15.7. The quantitative estimate of drug-likeness (QED) is 0.803. The van der Waals surface area contributed by atoms with Crippen molar-refractivity contribution in [2.24, 2.45) is 0 Å². The second-order valence-corrected chi connectivity index (χ2v) is 4.28. The number of nitrogens with one attached hydrogen (secondary N) is 1. The van der Waals surface area contributed by atoms with E-state index >= 15 is 0 Å². The summed E-state index contributed by atoms with van der Waals surface area (Å²) in [4.78, 5) is 24.5. The van der Waals surface area contributed by atoms with Gasteiger partial charge in [-0.1, -0.05) is 0 Å². The highest BCUT2D eigenvalue weighted by Gasteiger charge is 2.14. The molecule has 1 N–H and O–H groups in total. The number of ether oxygens (including phenoxy) is 2. The smallest absolute Gasteiger partial charge is 0.310 e. The first-order valence-corrected chi connectivity index (χ1v) is 6.10. The Labute approximate surface area is 109 Å². The van der Waals surface area contributed by atoms with Crippen molar-refractivity contribution in [2.45, 2.75) is 6.92 Å². The van der Waals surface area contributed by atoms with E-state index in [1.54, 1.807) is 0 Å². The number of morpholine rings is 1. The van der Waals surface area contributed by atoms with E-state index in [4.69, 9.17) is 9.47 Å². The fourth-order valence-corrected chi connectivity index (χ4v) is 2.01. The van der Waals surface area contributed by atoms with Gasteiger partial charge in [-0.05, 0) is 12.1 Å². The number of fused-ring (bicyclic) bond motifs is 1. The van der Waals surface area contributed by atoms with Crippen molar-refractivity contribution in [3.63, 3.8) is 0 Å². The summed E-state index contributed by atoms with van der Waals surface area (Å²) < 4.78 is 10.2. The second-order valence-electron chi connectivity index (χ2n) is 4.28. The van der Waals surface area contributed by atoms with E-state index in [-0.39, 0.29) is 6.01 Å². The van der Waals surface area contributed by atoms with Crippen LogP contribution in [0.4, 0.5) is 5.82 Å². The minimum atomic E-state index is -0.410. The average molecular weight is 262 g/mol. The molecule has 0 atom stereocenters. The van der Waals surface area contributed by atoms with Crippen LogP contribution in [0.3, 0.4) is 0 Å². The molecule has 100 valence electrons. The van der Waals surface area contributed by atoms with E-state index < -0.39 is 5.97 Å². The summed E-state index contributed by atoms with van der Waals surface area (Å²) in [5, 5.41) is 0. The lowest BCUT2D eigenvalue weighted by Gasteiger charge is -2.27. The lowest BCUT2D eigenvalue weighted by atomic mass is 10.3. The van der Waals surface area contributed by atoms with Crippen LogP contribution < -0.4 is 9.64 Å². The Balaban J connectivity index is 1.89. The molecule has 0 bridgehead atoms. The Morgan fingerprint density at radius 1 is 1.37 bits per heavy atom. The van der Waals surface area contributed by atoms with Crippen molar-refractivity contribution in [2.75, 3.05) is 31.2 Å². The van der Waals surface area contributed by atoms with E-state index in [1.165, 1.54) is 6.92 Å². The molecule has 2 aromatic heterocycles. The maximum Gasteiger partial charge on any atom is 0.310 e. The summed E-state index contributed by atoms with van der Waals surface area (Å²) in [5.74, 6) is 0.448. The first-order valence-electron chi connectivity index (χ1n) is 6.10. The number of aromatic nitrogens is 3. The van der Waals surface area contributed by atoms with Crippen molar-refractivity contribution in [1.29, 1.82) is 0 Å². The molecule has 3 heterocycles. The van der Waals surface area contributed by atoms with Crippen LogP contribution in [0.5, 0.6) is 6.01 Å². The summed E-state index contributed by atoms with van der Waals surface area (Å²) in [6.07, 6.45) is 0. The van der Waals surface area contributed by atoms with Crippen molar-refractivity contribution in [1.82, 2.24) is 15.0 Å².